The minimum Gasteiger partial charge on any atom is -0.481 e. The van der Waals surface area contributed by atoms with Crippen LogP contribution in [0, 0.1) is 5.92 Å². The molecule has 3 nitrogen and oxygen atoms in total. The maximum Gasteiger partial charge on any atom is 0.307 e. The van der Waals surface area contributed by atoms with Crippen LogP contribution in [0.2, 0.25) is 0 Å². The summed E-state index contributed by atoms with van der Waals surface area (Å²) in [7, 11) is 0. The van der Waals surface area contributed by atoms with Gasteiger partial charge in [0.25, 0.3) is 0 Å². The van der Waals surface area contributed by atoms with E-state index in [4.69, 9.17) is 5.11 Å². The predicted molar refractivity (Wildman–Crippen MR) is 57.8 cm³/mol. The summed E-state index contributed by atoms with van der Waals surface area (Å²) in [5.41, 5.74) is 1.23. The molecule has 2 unspecified atom stereocenters. The molecule has 0 amide bonds. The van der Waals surface area contributed by atoms with Gasteiger partial charge < -0.3 is 10.4 Å². The predicted octanol–water partition coefficient (Wildman–Crippen LogP) is 1.46. The number of nitrogens with one attached hydrogen (secondary N) is 1. The number of benzene rings is 1. The highest BCUT2D eigenvalue weighted by molar-refractivity contribution is 5.70. The van der Waals surface area contributed by atoms with Gasteiger partial charge in [0.1, 0.15) is 0 Å². The van der Waals surface area contributed by atoms with Crippen LogP contribution in [0.1, 0.15) is 17.9 Å². The van der Waals surface area contributed by atoms with Gasteiger partial charge in [-0.15, -0.1) is 0 Å². The van der Waals surface area contributed by atoms with Crippen LogP contribution in [-0.4, -0.2) is 24.2 Å². The second-order valence-corrected chi connectivity index (χ2v) is 4.04. The number of rotatable bonds is 2. The van der Waals surface area contributed by atoms with Crippen molar-refractivity contribution in [2.24, 2.45) is 5.92 Å². The molecule has 15 heavy (non-hydrogen) atoms. The summed E-state index contributed by atoms with van der Waals surface area (Å²) >= 11 is 0. The Balaban J connectivity index is 2.08. The SMILES string of the molecule is O=C(O)C1CNCC(c2ccccc2)C1. The van der Waals surface area contributed by atoms with E-state index >= 15 is 0 Å². The fraction of sp³-hybridized carbons (Fsp3) is 0.417. The molecule has 80 valence electrons. The molecule has 1 aliphatic rings. The number of piperidine rings is 1. The number of carboxylic acid groups (broad SMARTS) is 1. The van der Waals surface area contributed by atoms with Crippen molar-refractivity contribution in [3.63, 3.8) is 0 Å². The number of carboxylic acids is 1. The third-order valence-electron chi connectivity index (χ3n) is 2.97. The molecule has 0 aromatic heterocycles. The van der Waals surface area contributed by atoms with Crippen molar-refractivity contribution in [1.82, 2.24) is 5.32 Å². The second kappa shape index (κ2) is 4.45. The van der Waals surface area contributed by atoms with E-state index in [0.29, 0.717) is 12.5 Å². The van der Waals surface area contributed by atoms with Gasteiger partial charge in [-0.3, -0.25) is 4.79 Å². The first-order valence-electron chi connectivity index (χ1n) is 5.26. The standard InChI is InChI=1S/C12H15NO2/c14-12(15)11-6-10(7-13-8-11)9-4-2-1-3-5-9/h1-5,10-11,13H,6-8H2,(H,14,15). The zero-order chi connectivity index (χ0) is 10.7. The van der Waals surface area contributed by atoms with E-state index in [-0.39, 0.29) is 5.92 Å². The molecule has 0 saturated carbocycles. The maximum absolute atomic E-state index is 10.9. The summed E-state index contributed by atoms with van der Waals surface area (Å²) in [5.74, 6) is -0.604. The molecule has 1 aromatic carbocycles. The normalized spacial score (nSPS) is 26.1. The highest BCUT2D eigenvalue weighted by Crippen LogP contribution is 2.26. The van der Waals surface area contributed by atoms with E-state index < -0.39 is 5.97 Å². The van der Waals surface area contributed by atoms with Crippen LogP contribution >= 0.6 is 0 Å². The van der Waals surface area contributed by atoms with Crippen molar-refractivity contribution >= 4 is 5.97 Å². The van der Waals surface area contributed by atoms with Crippen LogP contribution in [0.3, 0.4) is 0 Å². The molecule has 1 aromatic rings. The third-order valence-corrected chi connectivity index (χ3v) is 2.97. The lowest BCUT2D eigenvalue weighted by molar-refractivity contribution is -0.142. The largest absolute Gasteiger partial charge is 0.481 e. The molecule has 1 saturated heterocycles. The van der Waals surface area contributed by atoms with Gasteiger partial charge in [0, 0.05) is 13.1 Å². The smallest absolute Gasteiger partial charge is 0.307 e. The van der Waals surface area contributed by atoms with Crippen LogP contribution in [0.25, 0.3) is 0 Å². The summed E-state index contributed by atoms with van der Waals surface area (Å²) in [5, 5.41) is 12.1. The van der Waals surface area contributed by atoms with E-state index in [1.807, 2.05) is 18.2 Å². The minimum absolute atomic E-state index is 0.246. The fourth-order valence-electron chi connectivity index (χ4n) is 2.11. The van der Waals surface area contributed by atoms with Crippen LogP contribution < -0.4 is 5.32 Å². The van der Waals surface area contributed by atoms with Gasteiger partial charge in [0.05, 0.1) is 5.92 Å². The van der Waals surface area contributed by atoms with E-state index in [1.165, 1.54) is 5.56 Å². The molecule has 1 aliphatic heterocycles. The number of aliphatic carboxylic acids is 1. The van der Waals surface area contributed by atoms with Gasteiger partial charge in [-0.1, -0.05) is 30.3 Å². The Hall–Kier alpha value is -1.35. The number of hydrogen-bond donors (Lipinski definition) is 2. The Morgan fingerprint density at radius 3 is 2.67 bits per heavy atom. The summed E-state index contributed by atoms with van der Waals surface area (Å²) in [6.45, 7) is 1.48. The maximum atomic E-state index is 10.9. The van der Waals surface area contributed by atoms with Gasteiger partial charge in [0.2, 0.25) is 0 Å². The third kappa shape index (κ3) is 2.36. The summed E-state index contributed by atoms with van der Waals surface area (Å²) < 4.78 is 0. The first kappa shape index (κ1) is 10.2. The van der Waals surface area contributed by atoms with Crippen LogP contribution in [0.4, 0.5) is 0 Å². The summed E-state index contributed by atoms with van der Waals surface area (Å²) in [6, 6.07) is 10.1. The highest BCUT2D eigenvalue weighted by atomic mass is 16.4. The van der Waals surface area contributed by atoms with Crippen LogP contribution in [-0.2, 0) is 4.79 Å². The van der Waals surface area contributed by atoms with Crippen molar-refractivity contribution in [2.45, 2.75) is 12.3 Å². The Kier molecular flexibility index (Phi) is 3.02. The van der Waals surface area contributed by atoms with Crippen molar-refractivity contribution in [3.05, 3.63) is 35.9 Å². The number of carbonyl (C=O) groups is 1. The molecule has 0 radical (unpaired) electrons. The Morgan fingerprint density at radius 1 is 1.27 bits per heavy atom. The van der Waals surface area contributed by atoms with Crippen molar-refractivity contribution in [1.29, 1.82) is 0 Å². The Labute approximate surface area is 89.1 Å². The topological polar surface area (TPSA) is 49.3 Å². The molecule has 3 heteroatoms. The lowest BCUT2D eigenvalue weighted by Gasteiger charge is -2.27. The highest BCUT2D eigenvalue weighted by Gasteiger charge is 2.27. The average Bonchev–Trinajstić information content (AvgIpc) is 2.30. The van der Waals surface area contributed by atoms with E-state index in [9.17, 15) is 4.79 Å². The van der Waals surface area contributed by atoms with Gasteiger partial charge in [-0.25, -0.2) is 0 Å². The molecule has 1 fully saturated rings. The molecule has 0 bridgehead atoms. The molecule has 1 heterocycles. The lowest BCUT2D eigenvalue weighted by atomic mass is 9.86. The Morgan fingerprint density at radius 2 is 2.00 bits per heavy atom. The van der Waals surface area contributed by atoms with Crippen LogP contribution in [0.5, 0.6) is 0 Å². The van der Waals surface area contributed by atoms with Crippen molar-refractivity contribution in [3.8, 4) is 0 Å². The molecule has 0 aliphatic carbocycles. The fourth-order valence-corrected chi connectivity index (χ4v) is 2.11. The molecule has 0 spiro atoms. The molecular weight excluding hydrogens is 190 g/mol. The summed E-state index contributed by atoms with van der Waals surface area (Å²) in [6.07, 6.45) is 0.742. The monoisotopic (exact) mass is 205 g/mol. The van der Waals surface area contributed by atoms with E-state index in [1.54, 1.807) is 0 Å². The summed E-state index contributed by atoms with van der Waals surface area (Å²) in [4.78, 5) is 10.9. The Bertz CT molecular complexity index is 337. The van der Waals surface area contributed by atoms with Gasteiger partial charge in [0.15, 0.2) is 0 Å². The van der Waals surface area contributed by atoms with E-state index in [0.717, 1.165) is 13.0 Å². The van der Waals surface area contributed by atoms with Gasteiger partial charge >= 0.3 is 5.97 Å². The molecular formula is C12H15NO2. The first-order valence-corrected chi connectivity index (χ1v) is 5.26. The lowest BCUT2D eigenvalue weighted by Crippen LogP contribution is -2.38. The zero-order valence-corrected chi connectivity index (χ0v) is 8.52. The molecule has 2 rings (SSSR count). The van der Waals surface area contributed by atoms with Crippen molar-refractivity contribution < 1.29 is 9.90 Å². The van der Waals surface area contributed by atoms with Gasteiger partial charge in [-0.05, 0) is 17.9 Å². The quantitative estimate of drug-likeness (QED) is 0.768. The zero-order valence-electron chi connectivity index (χ0n) is 8.52. The molecule has 2 N–H and O–H groups in total. The first-order chi connectivity index (χ1) is 7.27. The minimum atomic E-state index is -0.692. The van der Waals surface area contributed by atoms with E-state index in [2.05, 4.69) is 17.4 Å². The number of hydrogen-bond acceptors (Lipinski definition) is 2. The van der Waals surface area contributed by atoms with Gasteiger partial charge in [-0.2, -0.15) is 0 Å². The van der Waals surface area contributed by atoms with Crippen molar-refractivity contribution in [2.75, 3.05) is 13.1 Å². The molecule has 2 atom stereocenters. The second-order valence-electron chi connectivity index (χ2n) is 4.04. The average molecular weight is 205 g/mol. The van der Waals surface area contributed by atoms with Crippen LogP contribution in [0.15, 0.2) is 30.3 Å².